The summed E-state index contributed by atoms with van der Waals surface area (Å²) < 4.78 is 0. The van der Waals surface area contributed by atoms with E-state index >= 15 is 0 Å². The highest BCUT2D eigenvalue weighted by atomic mass is 16.2. The molecule has 0 aromatic heterocycles. The number of hydrogen-bond acceptors (Lipinski definition) is 3. The maximum absolute atomic E-state index is 12.0. The molecule has 0 atom stereocenters. The predicted molar refractivity (Wildman–Crippen MR) is 81.3 cm³/mol. The van der Waals surface area contributed by atoms with Gasteiger partial charge >= 0.3 is 0 Å². The number of rotatable bonds is 5. The maximum atomic E-state index is 12.0. The molecular weight excluding hydrogens is 250 g/mol. The van der Waals surface area contributed by atoms with E-state index in [-0.39, 0.29) is 0 Å². The summed E-state index contributed by atoms with van der Waals surface area (Å²) in [6.45, 7) is 5.64. The molecule has 2 fully saturated rings. The molecule has 2 saturated heterocycles. The van der Waals surface area contributed by atoms with E-state index in [1.165, 1.54) is 19.3 Å². The fourth-order valence-electron chi connectivity index (χ4n) is 3.11. The van der Waals surface area contributed by atoms with E-state index in [0.29, 0.717) is 18.4 Å². The van der Waals surface area contributed by atoms with Gasteiger partial charge in [0.25, 0.3) is 0 Å². The quantitative estimate of drug-likeness (QED) is 0.764. The Morgan fingerprint density at radius 1 is 1.15 bits per heavy atom. The molecule has 2 heterocycles. The van der Waals surface area contributed by atoms with Crippen molar-refractivity contribution in [2.24, 2.45) is 0 Å². The topological polar surface area (TPSA) is 35.6 Å². The number of nitrogens with zero attached hydrogens (tertiary/aromatic N) is 2. The molecule has 1 amide bonds. The van der Waals surface area contributed by atoms with Gasteiger partial charge in [0.15, 0.2) is 0 Å². The van der Waals surface area contributed by atoms with Crippen LogP contribution in [0, 0.1) is 12.3 Å². The molecule has 20 heavy (non-hydrogen) atoms. The highest BCUT2D eigenvalue weighted by Crippen LogP contribution is 2.11. The Balaban J connectivity index is 1.57. The number of likely N-dealkylation sites (tertiary alicyclic amines) is 2. The lowest BCUT2D eigenvalue weighted by molar-refractivity contribution is -0.132. The minimum atomic E-state index is 0.321. The summed E-state index contributed by atoms with van der Waals surface area (Å²) in [5, 5.41) is 3.53. The lowest BCUT2D eigenvalue weighted by Gasteiger charge is -2.31. The summed E-state index contributed by atoms with van der Waals surface area (Å²) in [6, 6.07) is 0.554. The molecule has 0 unspecified atom stereocenters. The number of amides is 1. The number of carbonyl (C=O) groups is 1. The number of terminal acetylenes is 1. The van der Waals surface area contributed by atoms with E-state index in [4.69, 9.17) is 6.42 Å². The van der Waals surface area contributed by atoms with Gasteiger partial charge in [0.2, 0.25) is 5.91 Å². The Bertz CT molecular complexity index is 336. The van der Waals surface area contributed by atoms with Gasteiger partial charge in [-0.25, -0.2) is 0 Å². The molecule has 0 saturated carbocycles. The van der Waals surface area contributed by atoms with Crippen molar-refractivity contribution in [3.63, 3.8) is 0 Å². The van der Waals surface area contributed by atoms with Gasteiger partial charge < -0.3 is 10.2 Å². The smallest absolute Gasteiger partial charge is 0.223 e. The van der Waals surface area contributed by atoms with Crippen LogP contribution in [-0.2, 0) is 4.79 Å². The summed E-state index contributed by atoms with van der Waals surface area (Å²) >= 11 is 0. The average Bonchev–Trinajstić information content (AvgIpc) is 2.50. The van der Waals surface area contributed by atoms with Crippen LogP contribution in [-0.4, -0.2) is 61.0 Å². The van der Waals surface area contributed by atoms with Crippen LogP contribution in [0.15, 0.2) is 0 Å². The van der Waals surface area contributed by atoms with Crippen LogP contribution in [0.25, 0.3) is 0 Å². The van der Waals surface area contributed by atoms with Crippen LogP contribution < -0.4 is 5.32 Å². The third-order valence-electron chi connectivity index (χ3n) is 4.38. The second kappa shape index (κ2) is 8.28. The first-order valence-corrected chi connectivity index (χ1v) is 7.96. The van der Waals surface area contributed by atoms with Crippen LogP contribution in [0.2, 0.25) is 0 Å². The van der Waals surface area contributed by atoms with Gasteiger partial charge in [-0.15, -0.1) is 6.42 Å². The van der Waals surface area contributed by atoms with Crippen LogP contribution in [0.1, 0.15) is 38.5 Å². The highest BCUT2D eigenvalue weighted by Gasteiger charge is 2.19. The fourth-order valence-corrected chi connectivity index (χ4v) is 3.11. The van der Waals surface area contributed by atoms with E-state index in [9.17, 15) is 4.79 Å². The normalized spacial score (nSPS) is 21.6. The summed E-state index contributed by atoms with van der Waals surface area (Å²) in [5.41, 5.74) is 0. The van der Waals surface area contributed by atoms with E-state index < -0.39 is 0 Å². The monoisotopic (exact) mass is 277 g/mol. The molecule has 0 aromatic rings. The van der Waals surface area contributed by atoms with Gasteiger partial charge in [-0.1, -0.05) is 5.92 Å². The Morgan fingerprint density at radius 3 is 2.50 bits per heavy atom. The molecule has 0 spiro atoms. The van der Waals surface area contributed by atoms with Crippen molar-refractivity contribution in [3.05, 3.63) is 0 Å². The average molecular weight is 277 g/mol. The van der Waals surface area contributed by atoms with Gasteiger partial charge in [-0.2, -0.15) is 0 Å². The summed E-state index contributed by atoms with van der Waals surface area (Å²) in [5.74, 6) is 3.02. The molecule has 2 aliphatic rings. The van der Waals surface area contributed by atoms with Crippen molar-refractivity contribution in [2.45, 2.75) is 44.6 Å². The molecule has 0 bridgehead atoms. The van der Waals surface area contributed by atoms with Crippen molar-refractivity contribution in [1.82, 2.24) is 15.1 Å². The first kappa shape index (κ1) is 15.3. The fraction of sp³-hybridized carbons (Fsp3) is 0.812. The zero-order chi connectivity index (χ0) is 14.2. The zero-order valence-corrected chi connectivity index (χ0v) is 12.4. The number of carbonyl (C=O) groups excluding carboxylic acids is 1. The minimum absolute atomic E-state index is 0.321. The Hall–Kier alpha value is -1.05. The molecule has 0 aromatic carbocycles. The Labute approximate surface area is 122 Å². The third kappa shape index (κ3) is 4.81. The molecule has 1 N–H and O–H groups in total. The van der Waals surface area contributed by atoms with Crippen LogP contribution in [0.5, 0.6) is 0 Å². The molecule has 0 aliphatic carbocycles. The number of piperidine rings is 2. The second-order valence-electron chi connectivity index (χ2n) is 5.90. The van der Waals surface area contributed by atoms with Crippen LogP contribution >= 0.6 is 0 Å². The maximum Gasteiger partial charge on any atom is 0.223 e. The molecule has 4 nitrogen and oxygen atoms in total. The lowest BCUT2D eigenvalue weighted by Crippen LogP contribution is -2.44. The lowest BCUT2D eigenvalue weighted by atomic mass is 10.0. The first-order valence-electron chi connectivity index (χ1n) is 7.96. The largest absolute Gasteiger partial charge is 0.343 e. The van der Waals surface area contributed by atoms with Gasteiger partial charge in [0, 0.05) is 45.2 Å². The van der Waals surface area contributed by atoms with E-state index in [1.54, 1.807) is 0 Å². The van der Waals surface area contributed by atoms with Crippen molar-refractivity contribution in [3.8, 4) is 12.3 Å². The first-order chi connectivity index (χ1) is 9.79. The van der Waals surface area contributed by atoms with Crippen LogP contribution in [0.3, 0.4) is 0 Å². The predicted octanol–water partition coefficient (Wildman–Crippen LogP) is 1.08. The van der Waals surface area contributed by atoms with Crippen molar-refractivity contribution in [1.29, 1.82) is 0 Å². The van der Waals surface area contributed by atoms with E-state index in [2.05, 4.69) is 16.1 Å². The molecule has 0 radical (unpaired) electrons. The summed E-state index contributed by atoms with van der Waals surface area (Å²) in [6.07, 6.45) is 11.9. The van der Waals surface area contributed by atoms with E-state index in [1.807, 2.05) is 4.90 Å². The molecule has 112 valence electrons. The summed E-state index contributed by atoms with van der Waals surface area (Å²) in [4.78, 5) is 16.4. The standard InChI is InChI=1S/C16H27N3O/c1-2-10-18-13-7-15(8-14-18)17-9-6-16(20)19-11-4-3-5-12-19/h1,15,17H,3-14H2. The third-order valence-corrected chi connectivity index (χ3v) is 4.38. The van der Waals surface area contributed by atoms with Gasteiger partial charge in [-0.3, -0.25) is 9.69 Å². The van der Waals surface area contributed by atoms with Crippen molar-refractivity contribution < 1.29 is 4.79 Å². The van der Waals surface area contributed by atoms with Gasteiger partial charge in [0.1, 0.15) is 0 Å². The van der Waals surface area contributed by atoms with Crippen molar-refractivity contribution in [2.75, 3.05) is 39.3 Å². The van der Waals surface area contributed by atoms with Gasteiger partial charge in [-0.05, 0) is 32.1 Å². The van der Waals surface area contributed by atoms with Gasteiger partial charge in [0.05, 0.1) is 6.54 Å². The molecule has 4 heteroatoms. The van der Waals surface area contributed by atoms with Crippen LogP contribution in [0.4, 0.5) is 0 Å². The molecule has 2 rings (SSSR count). The highest BCUT2D eigenvalue weighted by molar-refractivity contribution is 5.76. The second-order valence-corrected chi connectivity index (χ2v) is 5.90. The van der Waals surface area contributed by atoms with E-state index in [0.717, 1.165) is 52.1 Å². The minimum Gasteiger partial charge on any atom is -0.343 e. The number of hydrogen-bond donors (Lipinski definition) is 1. The molecule has 2 aliphatic heterocycles. The van der Waals surface area contributed by atoms with Crippen molar-refractivity contribution >= 4 is 5.91 Å². The zero-order valence-electron chi connectivity index (χ0n) is 12.4. The summed E-state index contributed by atoms with van der Waals surface area (Å²) in [7, 11) is 0. The SMILES string of the molecule is C#CCN1CCC(NCCC(=O)N2CCCCC2)CC1. The Kier molecular flexibility index (Phi) is 6.35. The number of nitrogens with one attached hydrogen (secondary N) is 1. The molecular formula is C16H27N3O. The Morgan fingerprint density at radius 2 is 1.85 bits per heavy atom.